The van der Waals surface area contributed by atoms with Gasteiger partial charge in [0.25, 0.3) is 0 Å². The minimum absolute atomic E-state index is 0.158. The van der Waals surface area contributed by atoms with Crippen LogP contribution in [-0.2, 0) is 14.3 Å². The number of esters is 1. The van der Waals surface area contributed by atoms with E-state index in [2.05, 4.69) is 15.6 Å². The number of carbonyl (C=O) groups is 2. The summed E-state index contributed by atoms with van der Waals surface area (Å²) < 4.78 is 17.4. The molecule has 0 radical (unpaired) electrons. The first-order chi connectivity index (χ1) is 11.1. The predicted molar refractivity (Wildman–Crippen MR) is 83.3 cm³/mol. The zero-order valence-corrected chi connectivity index (χ0v) is 13.3. The van der Waals surface area contributed by atoms with E-state index >= 15 is 0 Å². The Balaban J connectivity index is 2.30. The Morgan fingerprint density at radius 1 is 1.39 bits per heavy atom. The third-order valence-corrected chi connectivity index (χ3v) is 3.47. The summed E-state index contributed by atoms with van der Waals surface area (Å²) in [6.07, 6.45) is 1.28. The second kappa shape index (κ2) is 10.2. The van der Waals surface area contributed by atoms with Crippen LogP contribution in [-0.4, -0.2) is 24.2 Å². The predicted octanol–water partition coefficient (Wildman–Crippen LogP) is 1.90. The molecule has 1 aromatic carbocycles. The Kier molecular flexibility index (Phi) is 8.24. The molecule has 1 amide bonds. The van der Waals surface area contributed by atoms with Gasteiger partial charge < -0.3 is 10.2 Å². The number of ether oxygens (including phenoxy) is 1. The summed E-state index contributed by atoms with van der Waals surface area (Å²) in [5.74, 6) is -0.870. The molecule has 122 valence electrons. The van der Waals surface area contributed by atoms with Gasteiger partial charge in [-0.25, -0.2) is 9.18 Å². The first kappa shape index (κ1) is 18.5. The molecule has 1 rings (SSSR count). The van der Waals surface area contributed by atoms with Gasteiger partial charge >= 0.3 is 5.97 Å². The van der Waals surface area contributed by atoms with Gasteiger partial charge in [0.2, 0.25) is 5.91 Å². The number of hydrazine groups is 1. The number of amides is 1. The molecule has 0 fully saturated rings. The van der Waals surface area contributed by atoms with Crippen molar-refractivity contribution in [1.82, 2.24) is 10.9 Å². The van der Waals surface area contributed by atoms with E-state index in [1.54, 1.807) is 25.1 Å². The van der Waals surface area contributed by atoms with Crippen LogP contribution in [0.25, 0.3) is 0 Å². The molecule has 23 heavy (non-hydrogen) atoms. The zero-order valence-electron chi connectivity index (χ0n) is 12.5. The van der Waals surface area contributed by atoms with E-state index in [-0.39, 0.29) is 30.3 Å². The van der Waals surface area contributed by atoms with Crippen LogP contribution in [0.5, 0.6) is 0 Å². The van der Waals surface area contributed by atoms with Crippen LogP contribution >= 0.6 is 11.8 Å². The second-order valence-electron chi connectivity index (χ2n) is 4.14. The quantitative estimate of drug-likeness (QED) is 0.247. The van der Waals surface area contributed by atoms with Gasteiger partial charge in [0.15, 0.2) is 5.57 Å². The molecule has 0 spiro atoms. The Morgan fingerprint density at radius 2 is 2.09 bits per heavy atom. The minimum atomic E-state index is -0.761. The lowest BCUT2D eigenvalue weighted by atomic mass is 10.3. The molecule has 0 aliphatic carbocycles. The van der Waals surface area contributed by atoms with Crippen LogP contribution in [0.3, 0.4) is 0 Å². The number of nitrogens with zero attached hydrogens (tertiary/aromatic N) is 1. The van der Waals surface area contributed by atoms with Gasteiger partial charge in [0.05, 0.1) is 6.61 Å². The molecule has 0 unspecified atom stereocenters. The molecule has 0 aliphatic rings. The standard InChI is InChI=1S/C15H16FN3O3S/c1-2-22-15(21)11(9-17)10-18-19-14(20)7-8-23-13-5-3-12(16)4-6-13/h3-6,10,18H,2,7-8H2,1H3,(H,19,20)/b11-10+. The highest BCUT2D eigenvalue weighted by atomic mass is 32.2. The molecule has 0 saturated heterocycles. The smallest absolute Gasteiger partial charge is 0.350 e. The molecule has 0 bridgehead atoms. The molecule has 0 heterocycles. The van der Waals surface area contributed by atoms with Gasteiger partial charge in [-0.1, -0.05) is 0 Å². The fourth-order valence-electron chi connectivity index (χ4n) is 1.39. The summed E-state index contributed by atoms with van der Waals surface area (Å²) in [5.41, 5.74) is 4.49. The monoisotopic (exact) mass is 337 g/mol. The number of hydrogen-bond acceptors (Lipinski definition) is 6. The molecular weight excluding hydrogens is 321 g/mol. The zero-order chi connectivity index (χ0) is 17.1. The van der Waals surface area contributed by atoms with Crippen molar-refractivity contribution in [3.63, 3.8) is 0 Å². The number of halogens is 1. The maximum atomic E-state index is 12.7. The van der Waals surface area contributed by atoms with Crippen LogP contribution in [0.15, 0.2) is 40.9 Å². The van der Waals surface area contributed by atoms with E-state index in [4.69, 9.17) is 5.26 Å². The van der Waals surface area contributed by atoms with E-state index in [0.717, 1.165) is 11.1 Å². The van der Waals surface area contributed by atoms with Crippen LogP contribution in [0.4, 0.5) is 4.39 Å². The number of nitriles is 1. The Bertz CT molecular complexity index is 611. The molecule has 0 aliphatic heterocycles. The molecule has 0 atom stereocenters. The van der Waals surface area contributed by atoms with Gasteiger partial charge in [0.1, 0.15) is 11.9 Å². The van der Waals surface area contributed by atoms with Crippen molar-refractivity contribution in [2.75, 3.05) is 12.4 Å². The molecule has 8 heteroatoms. The van der Waals surface area contributed by atoms with Crippen LogP contribution in [0.1, 0.15) is 13.3 Å². The van der Waals surface area contributed by atoms with Crippen LogP contribution in [0.2, 0.25) is 0 Å². The third kappa shape index (κ3) is 7.33. The Hall–Kier alpha value is -2.53. The largest absolute Gasteiger partial charge is 0.462 e. The fourth-order valence-corrected chi connectivity index (χ4v) is 2.24. The summed E-state index contributed by atoms with van der Waals surface area (Å²) >= 11 is 1.42. The van der Waals surface area contributed by atoms with Crippen molar-refractivity contribution in [3.8, 4) is 6.07 Å². The molecular formula is C15H16FN3O3S. The van der Waals surface area contributed by atoms with Gasteiger partial charge in [-0.3, -0.25) is 10.2 Å². The number of hydrogen-bond donors (Lipinski definition) is 2. The van der Waals surface area contributed by atoms with E-state index < -0.39 is 5.97 Å². The third-order valence-electron chi connectivity index (χ3n) is 2.46. The second-order valence-corrected chi connectivity index (χ2v) is 5.30. The Labute approximate surface area is 137 Å². The van der Waals surface area contributed by atoms with E-state index in [9.17, 15) is 14.0 Å². The van der Waals surface area contributed by atoms with E-state index in [0.29, 0.717) is 5.75 Å². The summed E-state index contributed by atoms with van der Waals surface area (Å²) in [7, 11) is 0. The molecule has 6 nitrogen and oxygen atoms in total. The van der Waals surface area contributed by atoms with Crippen molar-refractivity contribution in [1.29, 1.82) is 5.26 Å². The first-order valence-electron chi connectivity index (χ1n) is 6.77. The highest BCUT2D eigenvalue weighted by molar-refractivity contribution is 7.99. The van der Waals surface area contributed by atoms with Gasteiger partial charge in [0, 0.05) is 23.3 Å². The lowest BCUT2D eigenvalue weighted by Gasteiger charge is -2.05. The van der Waals surface area contributed by atoms with E-state index in [1.165, 1.54) is 23.9 Å². The van der Waals surface area contributed by atoms with Crippen LogP contribution < -0.4 is 10.9 Å². The van der Waals surface area contributed by atoms with Gasteiger partial charge in [-0.2, -0.15) is 5.26 Å². The van der Waals surface area contributed by atoms with Gasteiger partial charge in [-0.05, 0) is 31.2 Å². The topological polar surface area (TPSA) is 91.2 Å². The number of rotatable bonds is 8. The minimum Gasteiger partial charge on any atom is -0.462 e. The number of thioether (sulfide) groups is 1. The highest BCUT2D eigenvalue weighted by Crippen LogP contribution is 2.18. The van der Waals surface area contributed by atoms with Crippen molar-refractivity contribution in [2.24, 2.45) is 0 Å². The van der Waals surface area contributed by atoms with Gasteiger partial charge in [-0.15, -0.1) is 11.8 Å². The maximum absolute atomic E-state index is 12.7. The highest BCUT2D eigenvalue weighted by Gasteiger charge is 2.09. The fraction of sp³-hybridized carbons (Fsp3) is 0.267. The van der Waals surface area contributed by atoms with E-state index in [1.807, 2.05) is 0 Å². The first-order valence-corrected chi connectivity index (χ1v) is 7.75. The average molecular weight is 337 g/mol. The van der Waals surface area contributed by atoms with Crippen molar-refractivity contribution >= 4 is 23.6 Å². The maximum Gasteiger partial charge on any atom is 0.350 e. The lowest BCUT2D eigenvalue weighted by molar-refractivity contribution is -0.138. The normalized spacial score (nSPS) is 10.6. The number of carbonyl (C=O) groups excluding carboxylic acids is 2. The summed E-state index contributed by atoms with van der Waals surface area (Å²) in [6, 6.07) is 7.65. The summed E-state index contributed by atoms with van der Waals surface area (Å²) in [5, 5.41) is 8.77. The number of nitrogens with one attached hydrogen (secondary N) is 2. The number of benzene rings is 1. The van der Waals surface area contributed by atoms with Crippen LogP contribution in [0, 0.1) is 17.1 Å². The van der Waals surface area contributed by atoms with Crippen molar-refractivity contribution in [3.05, 3.63) is 41.9 Å². The summed E-state index contributed by atoms with van der Waals surface area (Å²) in [6.45, 7) is 1.78. The summed E-state index contributed by atoms with van der Waals surface area (Å²) in [4.78, 5) is 23.7. The van der Waals surface area contributed by atoms with Crippen molar-refractivity contribution < 1.29 is 18.7 Å². The Morgan fingerprint density at radius 3 is 2.70 bits per heavy atom. The SMILES string of the molecule is CCOC(=O)/C(C#N)=C/NNC(=O)CCSc1ccc(F)cc1. The average Bonchev–Trinajstić information content (AvgIpc) is 2.53. The molecule has 0 aromatic heterocycles. The lowest BCUT2D eigenvalue weighted by Crippen LogP contribution is -2.34. The van der Waals surface area contributed by atoms with Crippen molar-refractivity contribution in [2.45, 2.75) is 18.2 Å². The molecule has 0 saturated carbocycles. The molecule has 2 N–H and O–H groups in total. The molecule has 1 aromatic rings.